The second kappa shape index (κ2) is 8.44. The Kier molecular flexibility index (Phi) is 7.66. The van der Waals surface area contributed by atoms with Crippen molar-refractivity contribution >= 4 is 11.8 Å². The monoisotopic (exact) mass is 272 g/mol. The molecule has 4 unspecified atom stereocenters. The van der Waals surface area contributed by atoms with Crippen LogP contribution in [0, 0.1) is 11.8 Å². The van der Waals surface area contributed by atoms with Crippen LogP contribution in [-0.2, 0) is 0 Å². The Morgan fingerprint density at radius 3 is 2.72 bits per heavy atom. The molecule has 2 nitrogen and oxygen atoms in total. The zero-order valence-corrected chi connectivity index (χ0v) is 13.5. The molecule has 0 aromatic rings. The Morgan fingerprint density at radius 2 is 2.11 bits per heavy atom. The van der Waals surface area contributed by atoms with Crippen molar-refractivity contribution in [2.45, 2.75) is 58.0 Å². The lowest BCUT2D eigenvalue weighted by Gasteiger charge is -2.37. The molecule has 0 aliphatic heterocycles. The van der Waals surface area contributed by atoms with E-state index in [0.29, 0.717) is 18.0 Å². The second-order valence-electron chi connectivity index (χ2n) is 6.08. The smallest absolute Gasteiger partial charge is 0.00795 e. The van der Waals surface area contributed by atoms with Gasteiger partial charge in [-0.3, -0.25) is 0 Å². The van der Waals surface area contributed by atoms with Gasteiger partial charge in [-0.25, -0.2) is 0 Å². The quantitative estimate of drug-likeness (QED) is 0.771. The van der Waals surface area contributed by atoms with Gasteiger partial charge in [0.05, 0.1) is 0 Å². The van der Waals surface area contributed by atoms with Crippen molar-refractivity contribution in [2.75, 3.05) is 25.6 Å². The van der Waals surface area contributed by atoms with Crippen LogP contribution in [0.15, 0.2) is 0 Å². The third kappa shape index (κ3) is 5.10. The van der Waals surface area contributed by atoms with Crippen LogP contribution in [0.1, 0.15) is 46.0 Å². The maximum Gasteiger partial charge on any atom is 0.00795 e. The molecule has 4 atom stereocenters. The zero-order chi connectivity index (χ0) is 13.5. The summed E-state index contributed by atoms with van der Waals surface area (Å²) < 4.78 is 0. The summed E-state index contributed by atoms with van der Waals surface area (Å²) in [5.41, 5.74) is 6.31. The first-order chi connectivity index (χ1) is 8.58. The first kappa shape index (κ1) is 16.3. The van der Waals surface area contributed by atoms with E-state index in [1.165, 1.54) is 44.4 Å². The molecular weight excluding hydrogens is 240 g/mol. The highest BCUT2D eigenvalue weighted by atomic mass is 32.2. The SMILES string of the molecule is CCC1CCC(N)C(CN(C)C(C)CCSC)C1. The number of nitrogens with zero attached hydrogens (tertiary/aromatic N) is 1. The molecule has 1 aliphatic rings. The molecule has 3 heteroatoms. The molecule has 1 aliphatic carbocycles. The third-order valence-electron chi connectivity index (χ3n) is 4.74. The summed E-state index contributed by atoms with van der Waals surface area (Å²) in [4.78, 5) is 2.53. The number of hydrogen-bond donors (Lipinski definition) is 1. The summed E-state index contributed by atoms with van der Waals surface area (Å²) in [6.07, 6.45) is 8.73. The lowest BCUT2D eigenvalue weighted by molar-refractivity contribution is 0.147. The molecule has 0 aromatic heterocycles. The molecule has 1 fully saturated rings. The number of hydrogen-bond acceptors (Lipinski definition) is 3. The van der Waals surface area contributed by atoms with E-state index in [0.717, 1.165) is 5.92 Å². The van der Waals surface area contributed by atoms with Gasteiger partial charge in [0, 0.05) is 18.6 Å². The van der Waals surface area contributed by atoms with Crippen LogP contribution in [-0.4, -0.2) is 42.6 Å². The van der Waals surface area contributed by atoms with Crippen LogP contribution in [0.2, 0.25) is 0 Å². The van der Waals surface area contributed by atoms with E-state index in [1.807, 2.05) is 11.8 Å². The summed E-state index contributed by atoms with van der Waals surface area (Å²) in [7, 11) is 2.27. The topological polar surface area (TPSA) is 29.3 Å². The van der Waals surface area contributed by atoms with Crippen LogP contribution in [0.3, 0.4) is 0 Å². The first-order valence-electron chi connectivity index (χ1n) is 7.53. The van der Waals surface area contributed by atoms with Gasteiger partial charge in [-0.2, -0.15) is 11.8 Å². The molecule has 0 spiro atoms. The first-order valence-corrected chi connectivity index (χ1v) is 8.92. The van der Waals surface area contributed by atoms with Gasteiger partial charge < -0.3 is 10.6 Å². The molecule has 0 bridgehead atoms. The van der Waals surface area contributed by atoms with Crippen LogP contribution in [0.4, 0.5) is 0 Å². The fourth-order valence-electron chi connectivity index (χ4n) is 3.02. The molecule has 0 amide bonds. The van der Waals surface area contributed by atoms with Crippen LogP contribution in [0.5, 0.6) is 0 Å². The molecule has 108 valence electrons. The fraction of sp³-hybridized carbons (Fsp3) is 1.00. The Labute approximate surface area is 118 Å². The van der Waals surface area contributed by atoms with E-state index in [1.54, 1.807) is 0 Å². The molecule has 2 N–H and O–H groups in total. The summed E-state index contributed by atoms with van der Waals surface area (Å²) >= 11 is 1.95. The van der Waals surface area contributed by atoms with Gasteiger partial charge in [-0.1, -0.05) is 13.3 Å². The lowest BCUT2D eigenvalue weighted by Crippen LogP contribution is -2.44. The van der Waals surface area contributed by atoms with Gasteiger partial charge in [0.15, 0.2) is 0 Å². The molecular formula is C15H32N2S. The Hall–Kier alpha value is 0.270. The van der Waals surface area contributed by atoms with Crippen molar-refractivity contribution in [3.05, 3.63) is 0 Å². The van der Waals surface area contributed by atoms with E-state index in [4.69, 9.17) is 5.73 Å². The summed E-state index contributed by atoms with van der Waals surface area (Å²) in [6.45, 7) is 5.86. The normalized spacial score (nSPS) is 30.7. The van der Waals surface area contributed by atoms with Crippen molar-refractivity contribution < 1.29 is 0 Å². The Morgan fingerprint density at radius 1 is 1.39 bits per heavy atom. The lowest BCUT2D eigenvalue weighted by atomic mass is 9.77. The molecule has 0 saturated heterocycles. The van der Waals surface area contributed by atoms with Crippen molar-refractivity contribution in [1.82, 2.24) is 4.90 Å². The Balaban J connectivity index is 2.38. The van der Waals surface area contributed by atoms with Gasteiger partial charge in [-0.05, 0) is 63.5 Å². The minimum absolute atomic E-state index is 0.433. The molecule has 0 aromatic carbocycles. The van der Waals surface area contributed by atoms with E-state index >= 15 is 0 Å². The van der Waals surface area contributed by atoms with E-state index < -0.39 is 0 Å². The van der Waals surface area contributed by atoms with Crippen LogP contribution >= 0.6 is 11.8 Å². The van der Waals surface area contributed by atoms with Gasteiger partial charge in [0.25, 0.3) is 0 Å². The summed E-state index contributed by atoms with van der Waals surface area (Å²) in [5.74, 6) is 2.90. The highest BCUT2D eigenvalue weighted by molar-refractivity contribution is 7.98. The number of rotatable bonds is 7. The number of thioether (sulfide) groups is 1. The van der Waals surface area contributed by atoms with E-state index in [2.05, 4.69) is 32.1 Å². The molecule has 1 rings (SSSR count). The maximum absolute atomic E-state index is 6.31. The minimum Gasteiger partial charge on any atom is -0.327 e. The van der Waals surface area contributed by atoms with Crippen molar-refractivity contribution in [1.29, 1.82) is 0 Å². The molecule has 1 saturated carbocycles. The number of nitrogens with two attached hydrogens (primary N) is 1. The molecule has 18 heavy (non-hydrogen) atoms. The maximum atomic E-state index is 6.31. The average Bonchev–Trinajstić information content (AvgIpc) is 2.38. The van der Waals surface area contributed by atoms with Gasteiger partial charge >= 0.3 is 0 Å². The van der Waals surface area contributed by atoms with Gasteiger partial charge in [0.1, 0.15) is 0 Å². The largest absolute Gasteiger partial charge is 0.327 e. The predicted molar refractivity (Wildman–Crippen MR) is 84.2 cm³/mol. The average molecular weight is 273 g/mol. The van der Waals surface area contributed by atoms with Crippen molar-refractivity contribution in [3.8, 4) is 0 Å². The minimum atomic E-state index is 0.433. The summed E-state index contributed by atoms with van der Waals surface area (Å²) in [5, 5.41) is 0. The van der Waals surface area contributed by atoms with E-state index in [-0.39, 0.29) is 0 Å². The fourth-order valence-corrected chi connectivity index (χ4v) is 3.60. The van der Waals surface area contributed by atoms with Crippen molar-refractivity contribution in [3.63, 3.8) is 0 Å². The highest BCUT2D eigenvalue weighted by Crippen LogP contribution is 2.31. The second-order valence-corrected chi connectivity index (χ2v) is 7.07. The standard InChI is InChI=1S/C15H32N2S/c1-5-13-6-7-15(16)14(10-13)11-17(3)12(2)8-9-18-4/h12-15H,5-11,16H2,1-4H3. The molecule has 0 heterocycles. The van der Waals surface area contributed by atoms with Gasteiger partial charge in [0.2, 0.25) is 0 Å². The molecule has 0 radical (unpaired) electrons. The predicted octanol–water partition coefficient (Wildman–Crippen LogP) is 3.21. The highest BCUT2D eigenvalue weighted by Gasteiger charge is 2.28. The van der Waals surface area contributed by atoms with Crippen LogP contribution < -0.4 is 5.73 Å². The van der Waals surface area contributed by atoms with E-state index in [9.17, 15) is 0 Å². The van der Waals surface area contributed by atoms with Crippen molar-refractivity contribution in [2.24, 2.45) is 17.6 Å². The van der Waals surface area contributed by atoms with Crippen LogP contribution in [0.25, 0.3) is 0 Å². The zero-order valence-electron chi connectivity index (χ0n) is 12.7. The summed E-state index contributed by atoms with van der Waals surface area (Å²) in [6, 6.07) is 1.12. The Bertz CT molecular complexity index is 223. The van der Waals surface area contributed by atoms with Gasteiger partial charge in [-0.15, -0.1) is 0 Å². The third-order valence-corrected chi connectivity index (χ3v) is 5.39.